The number of aryl methyl sites for hydroxylation is 3. The Hall–Kier alpha value is -3.79. The number of thiophene rings is 1. The predicted octanol–water partition coefficient (Wildman–Crippen LogP) is 4.81. The molecular weight excluding hydrogens is 445 g/mol. The number of nitrogens with zero attached hydrogens (tertiary/aromatic N) is 2. The van der Waals surface area contributed by atoms with Crippen LogP contribution < -0.4 is 16.2 Å². The molecule has 1 amide bonds. The fourth-order valence-electron chi connectivity index (χ4n) is 3.78. The molecule has 0 spiro atoms. The van der Waals surface area contributed by atoms with Gasteiger partial charge in [-0.25, -0.2) is 9.49 Å². The van der Waals surface area contributed by atoms with E-state index in [4.69, 9.17) is 4.52 Å². The molecule has 3 N–H and O–H groups in total. The van der Waals surface area contributed by atoms with E-state index in [1.165, 1.54) is 46.0 Å². The molecule has 0 bridgehead atoms. The van der Waals surface area contributed by atoms with Gasteiger partial charge in [0.15, 0.2) is 5.82 Å². The van der Waals surface area contributed by atoms with Gasteiger partial charge in [0, 0.05) is 16.5 Å². The van der Waals surface area contributed by atoms with Gasteiger partial charge in [-0.05, 0) is 68.5 Å². The Labute approximate surface area is 191 Å². The molecule has 33 heavy (non-hydrogen) atoms. The number of aromatic nitrogens is 3. The van der Waals surface area contributed by atoms with E-state index < -0.39 is 11.4 Å². The summed E-state index contributed by atoms with van der Waals surface area (Å²) < 4.78 is 19.5. The number of carbonyl (C=O) groups excluding carboxylic acids is 1. The average Bonchev–Trinajstić information content (AvgIpc) is 3.43. The van der Waals surface area contributed by atoms with E-state index in [0.29, 0.717) is 27.7 Å². The highest BCUT2D eigenvalue weighted by atomic mass is 32.1. The number of benzene rings is 1. The van der Waals surface area contributed by atoms with E-state index >= 15 is 0 Å². The number of hydrogen-bond acceptors (Lipinski definition) is 7. The number of aromatic amines is 1. The van der Waals surface area contributed by atoms with Gasteiger partial charge in [0.05, 0.1) is 16.3 Å². The Morgan fingerprint density at radius 1 is 1.15 bits per heavy atom. The molecule has 5 rings (SSSR count). The second-order valence-corrected chi connectivity index (χ2v) is 9.00. The molecule has 1 aliphatic carbocycles. The number of amides is 1. The van der Waals surface area contributed by atoms with Gasteiger partial charge in [0.2, 0.25) is 0 Å². The standard InChI is InChI=1S/C23H20FN5O3S/c1-12-8-21(29-32-12)25-18-11-16(27-28-22(18)30)13-6-7-15(24)17(9-13)26-23(31)20-10-14-4-2-3-5-19(14)33-20/h6-11H,2-5H2,1H3,(H,26,31)(H,28,30)(H,25,27,29). The number of H-pyrrole nitrogens is 1. The van der Waals surface area contributed by atoms with Gasteiger partial charge in [0.1, 0.15) is 17.3 Å². The average molecular weight is 466 g/mol. The van der Waals surface area contributed by atoms with Gasteiger partial charge >= 0.3 is 0 Å². The van der Waals surface area contributed by atoms with Crippen molar-refractivity contribution >= 4 is 34.4 Å². The summed E-state index contributed by atoms with van der Waals surface area (Å²) in [7, 11) is 0. The number of carbonyl (C=O) groups is 1. The van der Waals surface area contributed by atoms with Gasteiger partial charge in [-0.2, -0.15) is 5.10 Å². The molecule has 168 valence electrons. The second kappa shape index (κ2) is 8.62. The van der Waals surface area contributed by atoms with Crippen molar-refractivity contribution in [1.29, 1.82) is 0 Å². The molecule has 0 radical (unpaired) electrons. The lowest BCUT2D eigenvalue weighted by Crippen LogP contribution is -2.14. The van der Waals surface area contributed by atoms with Crippen LogP contribution in [0.1, 0.15) is 38.7 Å². The Balaban J connectivity index is 1.40. The predicted molar refractivity (Wildman–Crippen MR) is 124 cm³/mol. The lowest BCUT2D eigenvalue weighted by atomic mass is 9.99. The van der Waals surface area contributed by atoms with Crippen molar-refractivity contribution < 1.29 is 13.7 Å². The first kappa shape index (κ1) is 21.1. The smallest absolute Gasteiger partial charge is 0.287 e. The summed E-state index contributed by atoms with van der Waals surface area (Å²) in [6.45, 7) is 1.74. The molecule has 0 aliphatic heterocycles. The molecule has 0 fully saturated rings. The maximum atomic E-state index is 14.5. The second-order valence-electron chi connectivity index (χ2n) is 7.86. The number of fused-ring (bicyclic) bond motifs is 1. The Bertz CT molecular complexity index is 1380. The number of halogens is 1. The van der Waals surface area contributed by atoms with Crippen LogP contribution >= 0.6 is 11.3 Å². The SMILES string of the molecule is Cc1cc(Nc2cc(-c3ccc(F)c(NC(=O)c4cc5c(s4)CCCC5)c3)n[nH]c2=O)no1. The third-order valence-corrected chi connectivity index (χ3v) is 6.66. The highest BCUT2D eigenvalue weighted by molar-refractivity contribution is 7.14. The van der Waals surface area contributed by atoms with Crippen molar-refractivity contribution in [3.63, 3.8) is 0 Å². The van der Waals surface area contributed by atoms with Crippen molar-refractivity contribution in [2.75, 3.05) is 10.6 Å². The molecule has 0 atom stereocenters. The summed E-state index contributed by atoms with van der Waals surface area (Å²) in [6.07, 6.45) is 4.22. The number of rotatable bonds is 5. The van der Waals surface area contributed by atoms with Crippen LogP contribution in [0.2, 0.25) is 0 Å². The molecule has 0 saturated carbocycles. The first-order chi connectivity index (χ1) is 16.0. The Morgan fingerprint density at radius 2 is 2.00 bits per heavy atom. The van der Waals surface area contributed by atoms with E-state index in [2.05, 4.69) is 26.0 Å². The molecule has 0 saturated heterocycles. The normalized spacial score (nSPS) is 12.9. The first-order valence-corrected chi connectivity index (χ1v) is 11.3. The minimum absolute atomic E-state index is 0.0403. The molecule has 3 aromatic heterocycles. The summed E-state index contributed by atoms with van der Waals surface area (Å²) in [4.78, 5) is 26.8. The molecule has 8 nitrogen and oxygen atoms in total. The summed E-state index contributed by atoms with van der Waals surface area (Å²) in [6, 6.07) is 9.35. The first-order valence-electron chi connectivity index (χ1n) is 10.5. The molecule has 1 aliphatic rings. The third-order valence-electron chi connectivity index (χ3n) is 5.42. The van der Waals surface area contributed by atoms with E-state index in [-0.39, 0.29) is 17.3 Å². The zero-order chi connectivity index (χ0) is 22.9. The maximum Gasteiger partial charge on any atom is 0.287 e. The third kappa shape index (κ3) is 4.42. The number of nitrogens with one attached hydrogen (secondary N) is 3. The summed E-state index contributed by atoms with van der Waals surface area (Å²) in [5.74, 6) is 0.0625. The molecule has 1 aromatic carbocycles. The van der Waals surface area contributed by atoms with Gasteiger partial charge in [-0.3, -0.25) is 9.59 Å². The van der Waals surface area contributed by atoms with E-state index in [1.54, 1.807) is 13.0 Å². The number of anilines is 3. The van der Waals surface area contributed by atoms with Crippen molar-refractivity contribution in [3.8, 4) is 11.3 Å². The Kier molecular flexibility index (Phi) is 5.51. The monoisotopic (exact) mass is 465 g/mol. The van der Waals surface area contributed by atoms with Gasteiger partial charge in [-0.15, -0.1) is 11.3 Å². The quantitative estimate of drug-likeness (QED) is 0.390. The van der Waals surface area contributed by atoms with Crippen molar-refractivity contribution in [2.24, 2.45) is 0 Å². The van der Waals surface area contributed by atoms with E-state index in [0.717, 1.165) is 25.7 Å². The molecule has 3 heterocycles. The van der Waals surface area contributed by atoms with Crippen LogP contribution in [0.5, 0.6) is 0 Å². The van der Waals surface area contributed by atoms with Crippen LogP contribution in [0.3, 0.4) is 0 Å². The zero-order valence-electron chi connectivity index (χ0n) is 17.7. The van der Waals surface area contributed by atoms with Gasteiger partial charge < -0.3 is 15.2 Å². The van der Waals surface area contributed by atoms with Crippen molar-refractivity contribution in [2.45, 2.75) is 32.6 Å². The topological polar surface area (TPSA) is 113 Å². The summed E-state index contributed by atoms with van der Waals surface area (Å²) >= 11 is 1.47. The van der Waals surface area contributed by atoms with Gasteiger partial charge in [0.25, 0.3) is 11.5 Å². The zero-order valence-corrected chi connectivity index (χ0v) is 18.5. The highest BCUT2D eigenvalue weighted by Crippen LogP contribution is 2.31. The molecule has 4 aromatic rings. The fourth-order valence-corrected chi connectivity index (χ4v) is 4.93. The van der Waals surface area contributed by atoms with Crippen molar-refractivity contribution in [3.05, 3.63) is 73.6 Å². The minimum Gasteiger partial charge on any atom is -0.360 e. The highest BCUT2D eigenvalue weighted by Gasteiger charge is 2.19. The number of hydrogen-bond donors (Lipinski definition) is 3. The van der Waals surface area contributed by atoms with Crippen LogP contribution in [0, 0.1) is 12.7 Å². The van der Waals surface area contributed by atoms with Gasteiger partial charge in [-0.1, -0.05) is 5.16 Å². The summed E-state index contributed by atoms with van der Waals surface area (Å²) in [5.41, 5.74) is 1.92. The minimum atomic E-state index is -0.561. The lowest BCUT2D eigenvalue weighted by molar-refractivity contribution is 0.103. The van der Waals surface area contributed by atoms with E-state index in [9.17, 15) is 14.0 Å². The molecular formula is C23H20FN5O3S. The maximum absolute atomic E-state index is 14.5. The Morgan fingerprint density at radius 3 is 2.79 bits per heavy atom. The molecule has 10 heteroatoms. The summed E-state index contributed by atoms with van der Waals surface area (Å²) in [5, 5.41) is 15.8. The van der Waals surface area contributed by atoms with Crippen LogP contribution in [0.25, 0.3) is 11.3 Å². The largest absolute Gasteiger partial charge is 0.360 e. The lowest BCUT2D eigenvalue weighted by Gasteiger charge is -2.09. The van der Waals surface area contributed by atoms with Crippen LogP contribution in [-0.4, -0.2) is 21.3 Å². The molecule has 0 unspecified atom stereocenters. The fraction of sp³-hybridized carbons (Fsp3) is 0.217. The van der Waals surface area contributed by atoms with Crippen molar-refractivity contribution in [1.82, 2.24) is 15.4 Å². The van der Waals surface area contributed by atoms with Crippen LogP contribution in [-0.2, 0) is 12.8 Å². The van der Waals surface area contributed by atoms with Crippen LogP contribution in [0.4, 0.5) is 21.6 Å². The van der Waals surface area contributed by atoms with E-state index in [1.807, 2.05) is 6.07 Å². The van der Waals surface area contributed by atoms with Crippen LogP contribution in [0.15, 0.2) is 45.7 Å².